The van der Waals surface area contributed by atoms with Crippen molar-refractivity contribution in [3.8, 4) is 5.75 Å². The molecule has 152 valence electrons. The van der Waals surface area contributed by atoms with Crippen molar-refractivity contribution in [2.45, 2.75) is 0 Å². The SMILES string of the molecule is O=C(N/N=C/c1cc(Br)cc(I)c1O)/C(=C\c1cccs1)NC(=O)c1ccccc1. The number of phenolic OH excluding ortho intramolecular Hbond substituents is 1. The Bertz CT molecular complexity index is 1120. The first kappa shape index (κ1) is 22.2. The zero-order chi connectivity index (χ0) is 21.5. The molecule has 0 atom stereocenters. The molecule has 6 nitrogen and oxygen atoms in total. The number of rotatable bonds is 6. The molecule has 0 spiro atoms. The number of hydrogen-bond acceptors (Lipinski definition) is 5. The number of phenols is 1. The molecule has 3 aromatic rings. The third-order valence-electron chi connectivity index (χ3n) is 3.79. The number of nitrogens with zero attached hydrogens (tertiary/aromatic N) is 1. The van der Waals surface area contributed by atoms with Gasteiger partial charge in [0.05, 0.1) is 9.78 Å². The van der Waals surface area contributed by atoms with Crippen LogP contribution in [0, 0.1) is 3.57 Å². The first-order chi connectivity index (χ1) is 14.4. The molecular weight excluding hydrogens is 581 g/mol. The van der Waals surface area contributed by atoms with Gasteiger partial charge in [-0.25, -0.2) is 5.43 Å². The van der Waals surface area contributed by atoms with Crippen LogP contribution in [-0.4, -0.2) is 23.1 Å². The zero-order valence-corrected chi connectivity index (χ0v) is 19.9. The van der Waals surface area contributed by atoms with Crippen LogP contribution in [0.15, 0.2) is 75.2 Å². The van der Waals surface area contributed by atoms with E-state index in [4.69, 9.17) is 0 Å². The Morgan fingerprint density at radius 2 is 1.90 bits per heavy atom. The zero-order valence-electron chi connectivity index (χ0n) is 15.3. The van der Waals surface area contributed by atoms with E-state index in [-0.39, 0.29) is 11.4 Å². The first-order valence-electron chi connectivity index (χ1n) is 8.57. The van der Waals surface area contributed by atoms with E-state index in [1.165, 1.54) is 17.6 Å². The minimum atomic E-state index is -0.590. The molecule has 0 aliphatic carbocycles. The number of benzene rings is 2. The largest absolute Gasteiger partial charge is 0.506 e. The highest BCUT2D eigenvalue weighted by Crippen LogP contribution is 2.27. The van der Waals surface area contributed by atoms with Crippen LogP contribution in [0.25, 0.3) is 6.08 Å². The number of halogens is 2. The maximum atomic E-state index is 12.7. The Morgan fingerprint density at radius 3 is 2.60 bits per heavy atom. The number of amides is 2. The van der Waals surface area contributed by atoms with Crippen LogP contribution in [-0.2, 0) is 4.79 Å². The van der Waals surface area contributed by atoms with Crippen molar-refractivity contribution in [2.75, 3.05) is 0 Å². The average molecular weight is 596 g/mol. The Morgan fingerprint density at radius 1 is 1.13 bits per heavy atom. The lowest BCUT2D eigenvalue weighted by atomic mass is 10.2. The van der Waals surface area contributed by atoms with Crippen molar-refractivity contribution < 1.29 is 14.7 Å². The molecular formula is C21H15BrIN3O3S. The molecule has 0 fully saturated rings. The quantitative estimate of drug-likeness (QED) is 0.166. The van der Waals surface area contributed by atoms with Crippen LogP contribution in [0.2, 0.25) is 0 Å². The summed E-state index contributed by atoms with van der Waals surface area (Å²) in [6.07, 6.45) is 2.91. The van der Waals surface area contributed by atoms with Gasteiger partial charge < -0.3 is 10.4 Å². The minimum Gasteiger partial charge on any atom is -0.506 e. The van der Waals surface area contributed by atoms with Crippen LogP contribution in [0.3, 0.4) is 0 Å². The van der Waals surface area contributed by atoms with Crippen molar-refractivity contribution in [3.63, 3.8) is 0 Å². The molecule has 3 rings (SSSR count). The van der Waals surface area contributed by atoms with Gasteiger partial charge in [-0.15, -0.1) is 11.3 Å². The van der Waals surface area contributed by atoms with E-state index in [0.29, 0.717) is 14.7 Å². The topological polar surface area (TPSA) is 90.8 Å². The van der Waals surface area contributed by atoms with Crippen molar-refractivity contribution in [2.24, 2.45) is 5.10 Å². The molecule has 2 amide bonds. The van der Waals surface area contributed by atoms with Crippen LogP contribution >= 0.6 is 49.9 Å². The van der Waals surface area contributed by atoms with Gasteiger partial charge in [0, 0.05) is 20.5 Å². The number of carbonyl (C=O) groups excluding carboxylic acids is 2. The summed E-state index contributed by atoms with van der Waals surface area (Å²) in [5.74, 6) is -0.937. The van der Waals surface area contributed by atoms with E-state index < -0.39 is 11.8 Å². The fourth-order valence-electron chi connectivity index (χ4n) is 2.36. The van der Waals surface area contributed by atoms with Crippen LogP contribution in [0.5, 0.6) is 5.75 Å². The van der Waals surface area contributed by atoms with Gasteiger partial charge >= 0.3 is 0 Å². The van der Waals surface area contributed by atoms with Gasteiger partial charge in [0.25, 0.3) is 11.8 Å². The van der Waals surface area contributed by atoms with Gasteiger partial charge in [0.1, 0.15) is 11.4 Å². The predicted octanol–water partition coefficient (Wildman–Crippen LogP) is 4.74. The second-order valence-electron chi connectivity index (χ2n) is 5.92. The highest BCUT2D eigenvalue weighted by molar-refractivity contribution is 14.1. The summed E-state index contributed by atoms with van der Waals surface area (Å²) in [4.78, 5) is 26.0. The Kier molecular flexibility index (Phi) is 7.77. The molecule has 30 heavy (non-hydrogen) atoms. The van der Waals surface area contributed by atoms with Gasteiger partial charge in [-0.1, -0.05) is 40.2 Å². The van der Waals surface area contributed by atoms with Crippen LogP contribution < -0.4 is 10.7 Å². The van der Waals surface area contributed by atoms with Crippen molar-refractivity contribution in [1.82, 2.24) is 10.7 Å². The maximum Gasteiger partial charge on any atom is 0.287 e. The van der Waals surface area contributed by atoms with Gasteiger partial charge in [0.2, 0.25) is 0 Å². The minimum absolute atomic E-state index is 0.0523. The third kappa shape index (κ3) is 6.00. The lowest BCUT2D eigenvalue weighted by Gasteiger charge is -2.09. The molecule has 0 saturated carbocycles. The second kappa shape index (κ2) is 10.5. The molecule has 0 aliphatic rings. The summed E-state index contributed by atoms with van der Waals surface area (Å²) in [6, 6.07) is 15.7. The van der Waals surface area contributed by atoms with Crippen molar-refractivity contribution in [1.29, 1.82) is 0 Å². The summed E-state index contributed by atoms with van der Waals surface area (Å²) in [5.41, 5.74) is 3.31. The molecule has 1 heterocycles. The maximum absolute atomic E-state index is 12.7. The number of thiophene rings is 1. The lowest BCUT2D eigenvalue weighted by Crippen LogP contribution is -2.32. The highest BCUT2D eigenvalue weighted by Gasteiger charge is 2.14. The molecule has 0 unspecified atom stereocenters. The van der Waals surface area contributed by atoms with Crippen LogP contribution in [0.4, 0.5) is 0 Å². The summed E-state index contributed by atoms with van der Waals surface area (Å²) in [5, 5.41) is 18.5. The lowest BCUT2D eigenvalue weighted by molar-refractivity contribution is -0.117. The van der Waals surface area contributed by atoms with Gasteiger partial charge in [-0.05, 0) is 64.4 Å². The Hall–Kier alpha value is -2.50. The fourth-order valence-corrected chi connectivity index (χ4v) is 4.57. The van der Waals surface area contributed by atoms with E-state index in [9.17, 15) is 14.7 Å². The van der Waals surface area contributed by atoms with E-state index in [1.54, 1.807) is 48.5 Å². The molecule has 3 N–H and O–H groups in total. The van der Waals surface area contributed by atoms with Crippen molar-refractivity contribution >= 4 is 74.0 Å². The van der Waals surface area contributed by atoms with Crippen LogP contribution in [0.1, 0.15) is 20.8 Å². The fraction of sp³-hybridized carbons (Fsp3) is 0. The molecule has 9 heteroatoms. The standard InChI is InChI=1S/C21H15BrIN3O3S/c22-15-9-14(19(27)17(23)10-15)12-24-26-21(29)18(11-16-7-4-8-30-16)25-20(28)13-5-2-1-3-6-13/h1-12,27H,(H,25,28)(H,26,29)/b18-11+,24-12+. The number of nitrogens with one attached hydrogen (secondary N) is 2. The molecule has 0 radical (unpaired) electrons. The van der Waals surface area contributed by atoms with Gasteiger partial charge in [-0.2, -0.15) is 5.10 Å². The number of aromatic hydroxyl groups is 1. The van der Waals surface area contributed by atoms with Gasteiger partial charge in [0.15, 0.2) is 0 Å². The second-order valence-corrected chi connectivity index (χ2v) is 8.98. The summed E-state index contributed by atoms with van der Waals surface area (Å²) >= 11 is 6.78. The number of carbonyl (C=O) groups is 2. The third-order valence-corrected chi connectivity index (χ3v) is 5.89. The number of hydrogen-bond donors (Lipinski definition) is 3. The smallest absolute Gasteiger partial charge is 0.287 e. The normalized spacial score (nSPS) is 11.5. The average Bonchev–Trinajstić information content (AvgIpc) is 3.24. The monoisotopic (exact) mass is 595 g/mol. The summed E-state index contributed by atoms with van der Waals surface area (Å²) < 4.78 is 1.41. The Balaban J connectivity index is 1.78. The summed E-state index contributed by atoms with van der Waals surface area (Å²) in [7, 11) is 0. The first-order valence-corrected chi connectivity index (χ1v) is 11.3. The molecule has 2 aromatic carbocycles. The molecule has 0 saturated heterocycles. The van der Waals surface area contributed by atoms with E-state index in [0.717, 1.165) is 9.35 Å². The predicted molar refractivity (Wildman–Crippen MR) is 130 cm³/mol. The molecule has 0 aliphatic heterocycles. The van der Waals surface area contributed by atoms with E-state index in [2.05, 4.69) is 31.8 Å². The molecule has 1 aromatic heterocycles. The Labute approximate surface area is 199 Å². The number of hydrazone groups is 1. The highest BCUT2D eigenvalue weighted by atomic mass is 127. The summed E-state index contributed by atoms with van der Waals surface area (Å²) in [6.45, 7) is 0. The van der Waals surface area contributed by atoms with E-state index in [1.807, 2.05) is 40.1 Å². The van der Waals surface area contributed by atoms with E-state index >= 15 is 0 Å². The van der Waals surface area contributed by atoms with Gasteiger partial charge in [-0.3, -0.25) is 9.59 Å². The molecule has 0 bridgehead atoms. The van der Waals surface area contributed by atoms with Crippen molar-refractivity contribution in [3.05, 3.63) is 89.7 Å².